The van der Waals surface area contributed by atoms with Crippen molar-refractivity contribution in [2.45, 2.75) is 0 Å². The number of amides is 1. The molecule has 0 aliphatic rings. The van der Waals surface area contributed by atoms with Crippen molar-refractivity contribution < 1.29 is 9.53 Å². The second-order valence-electron chi connectivity index (χ2n) is 5.31. The van der Waals surface area contributed by atoms with Crippen LogP contribution in [-0.4, -0.2) is 23.5 Å². The molecule has 0 saturated heterocycles. The Morgan fingerprint density at radius 2 is 1.80 bits per heavy atom. The van der Waals surface area contributed by atoms with Crippen molar-refractivity contribution in [1.82, 2.24) is 4.57 Å². The number of guanidine groups is 1. The maximum absolute atomic E-state index is 12.9. The van der Waals surface area contributed by atoms with E-state index in [1.165, 1.54) is 17.9 Å². The Labute approximate surface area is 143 Å². The zero-order valence-electron chi connectivity index (χ0n) is 13.5. The molecule has 25 heavy (non-hydrogen) atoms. The molecule has 2 aromatic carbocycles. The molecule has 0 atom stereocenters. The minimum absolute atomic E-state index is 0.228. The molecule has 3 aromatic rings. The number of rotatable bonds is 3. The van der Waals surface area contributed by atoms with E-state index < -0.39 is 5.91 Å². The standard InChI is InChI=1S/C18H16N4O3/c1-25-12-6-4-5-11(9-12)22-10-15(16(23)21-18(19)20)13-7-2-3-8-14(13)17(22)24/h2-10H,1H3,(H4,19,20,21,23). The van der Waals surface area contributed by atoms with Gasteiger partial charge in [0.15, 0.2) is 5.96 Å². The number of nitrogens with zero attached hydrogens (tertiary/aromatic N) is 2. The van der Waals surface area contributed by atoms with E-state index in [0.29, 0.717) is 22.2 Å². The number of hydrogen-bond donors (Lipinski definition) is 2. The lowest BCUT2D eigenvalue weighted by Crippen LogP contribution is -2.25. The summed E-state index contributed by atoms with van der Waals surface area (Å²) in [5, 5.41) is 0.878. The highest BCUT2D eigenvalue weighted by Gasteiger charge is 2.15. The maximum Gasteiger partial charge on any atom is 0.282 e. The number of aromatic nitrogens is 1. The number of aliphatic imine (C=N–C) groups is 1. The van der Waals surface area contributed by atoms with E-state index in [1.807, 2.05) is 0 Å². The topological polar surface area (TPSA) is 113 Å². The van der Waals surface area contributed by atoms with E-state index in [1.54, 1.807) is 48.5 Å². The second kappa shape index (κ2) is 6.48. The number of methoxy groups -OCH3 is 1. The monoisotopic (exact) mass is 336 g/mol. The van der Waals surface area contributed by atoms with Crippen molar-refractivity contribution in [2.75, 3.05) is 7.11 Å². The average Bonchev–Trinajstić information content (AvgIpc) is 2.61. The Bertz CT molecular complexity index is 1050. The number of ether oxygens (including phenoxy) is 1. The number of pyridine rings is 1. The van der Waals surface area contributed by atoms with Gasteiger partial charge < -0.3 is 16.2 Å². The van der Waals surface area contributed by atoms with Crippen LogP contribution in [0.4, 0.5) is 0 Å². The Morgan fingerprint density at radius 3 is 2.48 bits per heavy atom. The smallest absolute Gasteiger partial charge is 0.282 e. The van der Waals surface area contributed by atoms with Gasteiger partial charge in [0.25, 0.3) is 11.5 Å². The molecule has 0 unspecified atom stereocenters. The molecular formula is C18H16N4O3. The van der Waals surface area contributed by atoms with Crippen LogP contribution in [-0.2, 0) is 0 Å². The normalized spacial score (nSPS) is 10.4. The van der Waals surface area contributed by atoms with Crippen LogP contribution in [0.25, 0.3) is 16.5 Å². The highest BCUT2D eigenvalue weighted by atomic mass is 16.5. The largest absolute Gasteiger partial charge is 0.497 e. The van der Waals surface area contributed by atoms with Crippen LogP contribution in [0.3, 0.4) is 0 Å². The van der Waals surface area contributed by atoms with Gasteiger partial charge in [0, 0.05) is 23.0 Å². The van der Waals surface area contributed by atoms with Gasteiger partial charge in [-0.05, 0) is 18.2 Å². The van der Waals surface area contributed by atoms with Gasteiger partial charge in [-0.25, -0.2) is 0 Å². The number of benzene rings is 2. The first kappa shape index (κ1) is 16.3. The Morgan fingerprint density at radius 1 is 1.08 bits per heavy atom. The third kappa shape index (κ3) is 3.07. The molecule has 4 N–H and O–H groups in total. The molecule has 1 aromatic heterocycles. The van der Waals surface area contributed by atoms with Gasteiger partial charge in [-0.2, -0.15) is 4.99 Å². The molecule has 0 fully saturated rings. The number of carbonyl (C=O) groups excluding carboxylic acids is 1. The quantitative estimate of drug-likeness (QED) is 0.555. The number of carbonyl (C=O) groups is 1. The molecule has 0 radical (unpaired) electrons. The van der Waals surface area contributed by atoms with Crippen LogP contribution in [0, 0.1) is 0 Å². The Balaban J connectivity index is 2.33. The summed E-state index contributed by atoms with van der Waals surface area (Å²) in [5.41, 5.74) is 11.2. The van der Waals surface area contributed by atoms with Gasteiger partial charge in [0.2, 0.25) is 0 Å². The molecule has 1 heterocycles. The van der Waals surface area contributed by atoms with Gasteiger partial charge in [-0.3, -0.25) is 14.2 Å². The molecule has 0 aliphatic heterocycles. The van der Waals surface area contributed by atoms with Crippen molar-refractivity contribution in [3.63, 3.8) is 0 Å². The lowest BCUT2D eigenvalue weighted by molar-refractivity contribution is 0.100. The molecule has 126 valence electrons. The van der Waals surface area contributed by atoms with Crippen LogP contribution in [0.15, 0.2) is 64.5 Å². The van der Waals surface area contributed by atoms with Crippen molar-refractivity contribution >= 4 is 22.6 Å². The van der Waals surface area contributed by atoms with E-state index in [9.17, 15) is 9.59 Å². The summed E-state index contributed by atoms with van der Waals surface area (Å²) in [6, 6.07) is 13.8. The van der Waals surface area contributed by atoms with Crippen LogP contribution in [0.5, 0.6) is 5.75 Å². The van der Waals surface area contributed by atoms with Crippen LogP contribution in [0.2, 0.25) is 0 Å². The summed E-state index contributed by atoms with van der Waals surface area (Å²) < 4.78 is 6.57. The van der Waals surface area contributed by atoms with Crippen LogP contribution >= 0.6 is 0 Å². The van der Waals surface area contributed by atoms with Crippen molar-refractivity contribution in [1.29, 1.82) is 0 Å². The van der Waals surface area contributed by atoms with E-state index in [0.717, 1.165) is 0 Å². The average molecular weight is 336 g/mol. The zero-order valence-corrected chi connectivity index (χ0v) is 13.5. The maximum atomic E-state index is 12.9. The molecule has 7 heteroatoms. The second-order valence-corrected chi connectivity index (χ2v) is 5.31. The van der Waals surface area contributed by atoms with Crippen molar-refractivity contribution in [3.05, 3.63) is 70.6 Å². The first-order valence-corrected chi connectivity index (χ1v) is 7.44. The summed E-state index contributed by atoms with van der Waals surface area (Å²) >= 11 is 0. The van der Waals surface area contributed by atoms with Gasteiger partial charge in [-0.15, -0.1) is 0 Å². The van der Waals surface area contributed by atoms with Crippen LogP contribution in [0.1, 0.15) is 10.4 Å². The predicted molar refractivity (Wildman–Crippen MR) is 96.2 cm³/mol. The fourth-order valence-corrected chi connectivity index (χ4v) is 2.59. The van der Waals surface area contributed by atoms with E-state index in [-0.39, 0.29) is 17.1 Å². The number of nitrogens with two attached hydrogens (primary N) is 2. The minimum atomic E-state index is -0.618. The number of fused-ring (bicyclic) bond motifs is 1. The highest BCUT2D eigenvalue weighted by molar-refractivity contribution is 6.10. The third-order valence-corrected chi connectivity index (χ3v) is 3.72. The Kier molecular flexibility index (Phi) is 4.21. The van der Waals surface area contributed by atoms with Gasteiger partial charge in [0.1, 0.15) is 5.75 Å². The summed E-state index contributed by atoms with van der Waals surface area (Å²) in [7, 11) is 1.54. The first-order chi connectivity index (χ1) is 12.0. The van der Waals surface area contributed by atoms with Gasteiger partial charge >= 0.3 is 0 Å². The lowest BCUT2D eigenvalue weighted by atomic mass is 10.1. The molecule has 0 bridgehead atoms. The lowest BCUT2D eigenvalue weighted by Gasteiger charge is -2.11. The highest BCUT2D eigenvalue weighted by Crippen LogP contribution is 2.20. The van der Waals surface area contributed by atoms with Gasteiger partial charge in [0.05, 0.1) is 18.4 Å². The Hall–Kier alpha value is -3.61. The fourth-order valence-electron chi connectivity index (χ4n) is 2.59. The minimum Gasteiger partial charge on any atom is -0.497 e. The molecule has 7 nitrogen and oxygen atoms in total. The summed E-state index contributed by atoms with van der Waals surface area (Å²) in [6.45, 7) is 0. The fraction of sp³-hybridized carbons (Fsp3) is 0.0556. The third-order valence-electron chi connectivity index (χ3n) is 3.72. The molecule has 3 rings (SSSR count). The van der Waals surface area contributed by atoms with E-state index in [2.05, 4.69) is 4.99 Å². The van der Waals surface area contributed by atoms with Crippen molar-refractivity contribution in [3.8, 4) is 11.4 Å². The first-order valence-electron chi connectivity index (χ1n) is 7.44. The van der Waals surface area contributed by atoms with Gasteiger partial charge in [-0.1, -0.05) is 24.3 Å². The molecule has 0 spiro atoms. The molecule has 0 saturated carbocycles. The van der Waals surface area contributed by atoms with Crippen molar-refractivity contribution in [2.24, 2.45) is 16.5 Å². The predicted octanol–water partition coefficient (Wildman–Crippen LogP) is 1.41. The molecule has 0 aliphatic carbocycles. The number of hydrogen-bond acceptors (Lipinski definition) is 3. The summed E-state index contributed by atoms with van der Waals surface area (Å²) in [4.78, 5) is 28.8. The summed E-state index contributed by atoms with van der Waals surface area (Å²) in [5.74, 6) is -0.365. The molecule has 1 amide bonds. The van der Waals surface area contributed by atoms with E-state index >= 15 is 0 Å². The summed E-state index contributed by atoms with van der Waals surface area (Å²) in [6.07, 6.45) is 1.44. The zero-order chi connectivity index (χ0) is 18.0. The molecular weight excluding hydrogens is 320 g/mol. The SMILES string of the molecule is COc1cccc(-n2cc(C(=O)N=C(N)N)c3ccccc3c2=O)c1. The van der Waals surface area contributed by atoms with E-state index in [4.69, 9.17) is 16.2 Å². The van der Waals surface area contributed by atoms with Crippen LogP contribution < -0.4 is 21.8 Å².